The minimum atomic E-state index is -0.732. The van der Waals surface area contributed by atoms with Gasteiger partial charge in [-0.3, -0.25) is 4.79 Å². The Hall–Kier alpha value is -1.26. The first-order valence-electron chi connectivity index (χ1n) is 5.57. The molecule has 1 aliphatic carbocycles. The van der Waals surface area contributed by atoms with Gasteiger partial charge in [0.2, 0.25) is 0 Å². The van der Waals surface area contributed by atoms with Crippen molar-refractivity contribution in [2.45, 2.75) is 38.1 Å². The third-order valence-electron chi connectivity index (χ3n) is 3.29. The fourth-order valence-electron chi connectivity index (χ4n) is 2.28. The lowest BCUT2D eigenvalue weighted by molar-refractivity contribution is -0.138. The van der Waals surface area contributed by atoms with Crippen LogP contribution in [0.2, 0.25) is 0 Å². The van der Waals surface area contributed by atoms with Gasteiger partial charge < -0.3 is 14.7 Å². The normalized spacial score (nSPS) is 24.9. The van der Waals surface area contributed by atoms with E-state index in [1.54, 1.807) is 11.9 Å². The Morgan fingerprint density at radius 2 is 1.88 bits per heavy atom. The van der Waals surface area contributed by atoms with Gasteiger partial charge in [-0.1, -0.05) is 0 Å². The van der Waals surface area contributed by atoms with Crippen molar-refractivity contribution in [3.63, 3.8) is 0 Å². The summed E-state index contributed by atoms with van der Waals surface area (Å²) in [7, 11) is 3.10. The second-order valence-electron chi connectivity index (χ2n) is 4.35. The van der Waals surface area contributed by atoms with E-state index in [-0.39, 0.29) is 24.5 Å². The summed E-state index contributed by atoms with van der Waals surface area (Å²) in [5.41, 5.74) is 0. The van der Waals surface area contributed by atoms with Gasteiger partial charge in [0.15, 0.2) is 0 Å². The van der Waals surface area contributed by atoms with Crippen molar-refractivity contribution in [1.82, 2.24) is 4.90 Å². The second kappa shape index (κ2) is 5.72. The minimum absolute atomic E-state index is 0.192. The number of nitrogens with zero attached hydrogens (tertiary/aromatic N) is 1. The number of carboxylic acids is 1. The molecule has 1 aliphatic rings. The number of hydrogen-bond acceptors (Lipinski definition) is 3. The molecule has 1 rings (SSSR count). The molecule has 0 aliphatic heterocycles. The molecule has 0 bridgehead atoms. The number of rotatable bonds is 3. The fourth-order valence-corrected chi connectivity index (χ4v) is 2.28. The van der Waals surface area contributed by atoms with E-state index in [2.05, 4.69) is 4.74 Å². The molecule has 1 fully saturated rings. The predicted octanol–water partition coefficient (Wildman–Crippen LogP) is 1.72. The van der Waals surface area contributed by atoms with Gasteiger partial charge in [0, 0.05) is 19.5 Å². The summed E-state index contributed by atoms with van der Waals surface area (Å²) in [6.45, 7) is 0. The van der Waals surface area contributed by atoms with Crippen LogP contribution in [0.1, 0.15) is 32.1 Å². The average molecular weight is 229 g/mol. The molecule has 0 unspecified atom stereocenters. The van der Waals surface area contributed by atoms with Gasteiger partial charge in [-0.15, -0.1) is 0 Å². The van der Waals surface area contributed by atoms with E-state index in [1.807, 2.05) is 0 Å². The second-order valence-corrected chi connectivity index (χ2v) is 4.35. The molecular weight excluding hydrogens is 210 g/mol. The van der Waals surface area contributed by atoms with Crippen LogP contribution in [0, 0.1) is 5.92 Å². The van der Waals surface area contributed by atoms with Crippen molar-refractivity contribution in [2.24, 2.45) is 5.92 Å². The first kappa shape index (κ1) is 12.8. The summed E-state index contributed by atoms with van der Waals surface area (Å²) < 4.78 is 4.65. The Balaban J connectivity index is 2.36. The molecule has 0 radical (unpaired) electrons. The van der Waals surface area contributed by atoms with Gasteiger partial charge in [0.25, 0.3) is 0 Å². The highest BCUT2D eigenvalue weighted by Gasteiger charge is 2.27. The van der Waals surface area contributed by atoms with Crippen LogP contribution < -0.4 is 0 Å². The molecule has 1 amide bonds. The molecule has 5 heteroatoms. The Bertz CT molecular complexity index is 259. The Labute approximate surface area is 95.4 Å². The Morgan fingerprint density at radius 3 is 2.31 bits per heavy atom. The summed E-state index contributed by atoms with van der Waals surface area (Å²) in [6, 6.07) is 0.192. The molecule has 0 spiro atoms. The summed E-state index contributed by atoms with van der Waals surface area (Å²) in [5, 5.41) is 8.68. The number of ether oxygens (including phenoxy) is 1. The topological polar surface area (TPSA) is 66.8 Å². The lowest BCUT2D eigenvalue weighted by Crippen LogP contribution is -2.39. The number of aliphatic carboxylic acids is 1. The highest BCUT2D eigenvalue weighted by molar-refractivity contribution is 5.67. The zero-order chi connectivity index (χ0) is 12.1. The van der Waals surface area contributed by atoms with Gasteiger partial charge in [0.1, 0.15) is 0 Å². The molecule has 1 saturated carbocycles. The molecule has 0 atom stereocenters. The van der Waals surface area contributed by atoms with Crippen molar-refractivity contribution < 1.29 is 19.4 Å². The predicted molar refractivity (Wildman–Crippen MR) is 58.2 cm³/mol. The molecule has 1 N–H and O–H groups in total. The monoisotopic (exact) mass is 229 g/mol. The van der Waals surface area contributed by atoms with E-state index in [9.17, 15) is 9.59 Å². The summed E-state index contributed by atoms with van der Waals surface area (Å²) >= 11 is 0. The van der Waals surface area contributed by atoms with Crippen LogP contribution in [0.3, 0.4) is 0 Å². The van der Waals surface area contributed by atoms with E-state index in [0.29, 0.717) is 0 Å². The van der Waals surface area contributed by atoms with Crippen LogP contribution in [0.4, 0.5) is 4.79 Å². The molecule has 0 heterocycles. The quantitative estimate of drug-likeness (QED) is 0.800. The molecule has 0 aromatic carbocycles. The lowest BCUT2D eigenvalue weighted by atomic mass is 9.84. The summed E-state index contributed by atoms with van der Waals surface area (Å²) in [4.78, 5) is 23.4. The summed E-state index contributed by atoms with van der Waals surface area (Å²) in [6.07, 6.45) is 3.40. The number of carboxylic acid groups (broad SMARTS) is 1. The number of carbonyl (C=O) groups excluding carboxylic acids is 1. The summed E-state index contributed by atoms with van der Waals surface area (Å²) in [5.74, 6) is -0.468. The number of hydrogen-bond donors (Lipinski definition) is 1. The van der Waals surface area contributed by atoms with Crippen LogP contribution >= 0.6 is 0 Å². The maximum absolute atomic E-state index is 11.3. The third-order valence-corrected chi connectivity index (χ3v) is 3.29. The molecule has 0 aromatic rings. The molecule has 16 heavy (non-hydrogen) atoms. The standard InChI is InChI=1S/C11H19NO4/c1-12(11(15)16-2)9-5-3-8(4-6-9)7-10(13)14/h8-9H,3-7H2,1-2H3,(H,13,14). The van der Waals surface area contributed by atoms with Crippen molar-refractivity contribution in [3.8, 4) is 0 Å². The third kappa shape index (κ3) is 3.40. The number of amides is 1. The molecule has 0 saturated heterocycles. The first-order valence-corrected chi connectivity index (χ1v) is 5.57. The molecule has 0 aromatic heterocycles. The Morgan fingerprint density at radius 1 is 1.31 bits per heavy atom. The maximum Gasteiger partial charge on any atom is 0.409 e. The van der Waals surface area contributed by atoms with Gasteiger partial charge in [-0.2, -0.15) is 0 Å². The number of carbonyl (C=O) groups is 2. The van der Waals surface area contributed by atoms with Crippen molar-refractivity contribution >= 4 is 12.1 Å². The molecule has 5 nitrogen and oxygen atoms in total. The largest absolute Gasteiger partial charge is 0.481 e. The zero-order valence-electron chi connectivity index (χ0n) is 9.81. The van der Waals surface area contributed by atoms with Crippen LogP contribution in [0.15, 0.2) is 0 Å². The van der Waals surface area contributed by atoms with E-state index < -0.39 is 5.97 Å². The van der Waals surface area contributed by atoms with Gasteiger partial charge in [-0.05, 0) is 31.6 Å². The van der Waals surface area contributed by atoms with Crippen molar-refractivity contribution in [2.75, 3.05) is 14.2 Å². The molecule has 92 valence electrons. The van der Waals surface area contributed by atoms with Crippen molar-refractivity contribution in [3.05, 3.63) is 0 Å². The first-order chi connectivity index (χ1) is 7.54. The molecular formula is C11H19NO4. The minimum Gasteiger partial charge on any atom is -0.481 e. The van der Waals surface area contributed by atoms with Crippen LogP contribution in [-0.4, -0.2) is 42.3 Å². The van der Waals surface area contributed by atoms with Gasteiger partial charge in [0.05, 0.1) is 7.11 Å². The highest BCUT2D eigenvalue weighted by atomic mass is 16.5. The lowest BCUT2D eigenvalue weighted by Gasteiger charge is -2.33. The van der Waals surface area contributed by atoms with Gasteiger partial charge >= 0.3 is 12.1 Å². The van der Waals surface area contributed by atoms with E-state index in [0.717, 1.165) is 25.7 Å². The maximum atomic E-state index is 11.3. The van der Waals surface area contributed by atoms with Crippen molar-refractivity contribution in [1.29, 1.82) is 0 Å². The van der Waals surface area contributed by atoms with Gasteiger partial charge in [-0.25, -0.2) is 4.79 Å². The van der Waals surface area contributed by atoms with Crippen LogP contribution in [0.5, 0.6) is 0 Å². The van der Waals surface area contributed by atoms with Crippen LogP contribution in [0.25, 0.3) is 0 Å². The van der Waals surface area contributed by atoms with E-state index in [1.165, 1.54) is 7.11 Å². The smallest absolute Gasteiger partial charge is 0.409 e. The highest BCUT2D eigenvalue weighted by Crippen LogP contribution is 2.29. The number of methoxy groups -OCH3 is 1. The average Bonchev–Trinajstić information content (AvgIpc) is 2.27. The van der Waals surface area contributed by atoms with E-state index in [4.69, 9.17) is 5.11 Å². The fraction of sp³-hybridized carbons (Fsp3) is 0.818. The van der Waals surface area contributed by atoms with E-state index >= 15 is 0 Å². The Kier molecular flexibility index (Phi) is 4.58. The van der Waals surface area contributed by atoms with Crippen LogP contribution in [-0.2, 0) is 9.53 Å². The SMILES string of the molecule is COC(=O)N(C)C1CCC(CC(=O)O)CC1. The zero-order valence-corrected chi connectivity index (χ0v) is 9.81.